The summed E-state index contributed by atoms with van der Waals surface area (Å²) in [4.78, 5) is 24.9. The highest BCUT2D eigenvalue weighted by molar-refractivity contribution is 5.94. The number of hydrogen-bond donors (Lipinski definition) is 2. The third-order valence-corrected chi connectivity index (χ3v) is 5.58. The molecule has 1 saturated carbocycles. The van der Waals surface area contributed by atoms with Crippen LogP contribution in [0.25, 0.3) is 0 Å². The maximum Gasteiger partial charge on any atom is 0.347 e. The molecule has 2 atom stereocenters. The SMILES string of the molecule is CN(C)C[C@@H]1CCCC[C@@]1(O)c1cccc(OC(=O)c2cc([N+](=O)[O-])ccc2O)c1. The van der Waals surface area contributed by atoms with Gasteiger partial charge in [0.15, 0.2) is 0 Å². The Balaban J connectivity index is 1.86. The van der Waals surface area contributed by atoms with Crippen molar-refractivity contribution in [3.8, 4) is 11.5 Å². The fourth-order valence-electron chi connectivity index (χ4n) is 4.08. The summed E-state index contributed by atoms with van der Waals surface area (Å²) in [6.45, 7) is 0.738. The summed E-state index contributed by atoms with van der Waals surface area (Å²) in [5, 5.41) is 32.3. The Morgan fingerprint density at radius 3 is 2.73 bits per heavy atom. The van der Waals surface area contributed by atoms with Crippen molar-refractivity contribution >= 4 is 11.7 Å². The van der Waals surface area contributed by atoms with Crippen molar-refractivity contribution in [1.82, 2.24) is 4.90 Å². The normalized spacial score (nSPS) is 21.4. The number of nitrogens with zero attached hydrogens (tertiary/aromatic N) is 2. The fraction of sp³-hybridized carbons (Fsp3) is 0.409. The molecule has 160 valence electrons. The number of carbonyl (C=O) groups excluding carboxylic acids is 1. The van der Waals surface area contributed by atoms with Crippen molar-refractivity contribution in [2.45, 2.75) is 31.3 Å². The van der Waals surface area contributed by atoms with E-state index < -0.39 is 22.2 Å². The van der Waals surface area contributed by atoms with Gasteiger partial charge >= 0.3 is 5.97 Å². The molecule has 0 aromatic heterocycles. The summed E-state index contributed by atoms with van der Waals surface area (Å²) in [5.41, 5.74) is -0.978. The first-order valence-electron chi connectivity index (χ1n) is 9.88. The van der Waals surface area contributed by atoms with Crippen LogP contribution in [0, 0.1) is 16.0 Å². The molecule has 30 heavy (non-hydrogen) atoms. The van der Waals surface area contributed by atoms with E-state index in [1.54, 1.807) is 18.2 Å². The number of esters is 1. The summed E-state index contributed by atoms with van der Waals surface area (Å²) in [7, 11) is 3.94. The quantitative estimate of drug-likeness (QED) is 0.322. The second-order valence-electron chi connectivity index (χ2n) is 8.01. The minimum atomic E-state index is -1.03. The predicted molar refractivity (Wildman–Crippen MR) is 111 cm³/mol. The van der Waals surface area contributed by atoms with E-state index in [1.807, 2.05) is 20.2 Å². The second-order valence-corrected chi connectivity index (χ2v) is 8.01. The van der Waals surface area contributed by atoms with Crippen LogP contribution in [-0.2, 0) is 5.60 Å². The highest BCUT2D eigenvalue weighted by Crippen LogP contribution is 2.42. The van der Waals surface area contributed by atoms with E-state index in [-0.39, 0.29) is 22.9 Å². The molecule has 2 N–H and O–H groups in total. The minimum absolute atomic E-state index is 0.0491. The van der Waals surface area contributed by atoms with Crippen LogP contribution in [0.4, 0.5) is 5.69 Å². The molecule has 8 heteroatoms. The lowest BCUT2D eigenvalue weighted by Crippen LogP contribution is -2.43. The number of non-ortho nitro benzene ring substituents is 1. The van der Waals surface area contributed by atoms with Crippen LogP contribution >= 0.6 is 0 Å². The highest BCUT2D eigenvalue weighted by Gasteiger charge is 2.40. The van der Waals surface area contributed by atoms with E-state index in [9.17, 15) is 25.1 Å². The molecule has 1 aliphatic rings. The van der Waals surface area contributed by atoms with Gasteiger partial charge in [-0.05, 0) is 50.7 Å². The monoisotopic (exact) mass is 414 g/mol. The number of ether oxygens (including phenoxy) is 1. The van der Waals surface area contributed by atoms with Gasteiger partial charge < -0.3 is 19.8 Å². The molecule has 0 unspecified atom stereocenters. The molecule has 0 saturated heterocycles. The van der Waals surface area contributed by atoms with E-state index in [1.165, 1.54) is 0 Å². The van der Waals surface area contributed by atoms with Crippen LogP contribution < -0.4 is 4.74 Å². The number of rotatable bonds is 6. The van der Waals surface area contributed by atoms with Gasteiger partial charge in [-0.2, -0.15) is 0 Å². The van der Waals surface area contributed by atoms with Crippen molar-refractivity contribution in [1.29, 1.82) is 0 Å². The Bertz CT molecular complexity index is 945. The first-order valence-corrected chi connectivity index (χ1v) is 9.88. The van der Waals surface area contributed by atoms with Crippen LogP contribution in [0.5, 0.6) is 11.5 Å². The van der Waals surface area contributed by atoms with Crippen molar-refractivity contribution < 1.29 is 24.7 Å². The molecule has 0 radical (unpaired) electrons. The number of benzene rings is 2. The van der Waals surface area contributed by atoms with Crippen LogP contribution in [0.3, 0.4) is 0 Å². The van der Waals surface area contributed by atoms with Crippen LogP contribution in [0.15, 0.2) is 42.5 Å². The third-order valence-electron chi connectivity index (χ3n) is 5.58. The van der Waals surface area contributed by atoms with Gasteiger partial charge in [0.05, 0.1) is 10.5 Å². The Labute approximate surface area is 174 Å². The number of phenolic OH excluding ortho intramolecular Hbond substituents is 1. The number of aliphatic hydroxyl groups is 1. The standard InChI is InChI=1S/C22H26N2O6/c1-23(2)14-16-6-3-4-11-22(16,27)15-7-5-8-18(12-15)30-21(26)19-13-17(24(28)29)9-10-20(19)25/h5,7-10,12-13,16,25,27H,3-4,6,11,14H2,1-2H3/t16-,22+/m0/s1. The van der Waals surface area contributed by atoms with Crippen molar-refractivity contribution in [3.05, 3.63) is 63.7 Å². The minimum Gasteiger partial charge on any atom is -0.507 e. The Kier molecular flexibility index (Phi) is 6.38. The lowest BCUT2D eigenvalue weighted by Gasteiger charge is -2.41. The number of phenols is 1. The Hall–Kier alpha value is -2.97. The molecular formula is C22H26N2O6. The van der Waals surface area contributed by atoms with Gasteiger partial charge in [0.1, 0.15) is 17.1 Å². The first-order chi connectivity index (χ1) is 14.2. The zero-order chi connectivity index (χ0) is 21.9. The van der Waals surface area contributed by atoms with Gasteiger partial charge in [-0.25, -0.2) is 4.79 Å². The molecule has 3 rings (SSSR count). The summed E-state index contributed by atoms with van der Waals surface area (Å²) < 4.78 is 5.37. The summed E-state index contributed by atoms with van der Waals surface area (Å²) in [6.07, 6.45) is 3.49. The molecule has 0 heterocycles. The van der Waals surface area contributed by atoms with Gasteiger partial charge in [-0.3, -0.25) is 10.1 Å². The Morgan fingerprint density at radius 1 is 1.27 bits per heavy atom. The van der Waals surface area contributed by atoms with E-state index in [0.717, 1.165) is 44.0 Å². The van der Waals surface area contributed by atoms with Gasteiger partial charge in [-0.1, -0.05) is 25.0 Å². The lowest BCUT2D eigenvalue weighted by atomic mass is 9.71. The molecule has 0 bridgehead atoms. The topological polar surface area (TPSA) is 113 Å². The van der Waals surface area contributed by atoms with Gasteiger partial charge in [0, 0.05) is 24.6 Å². The first kappa shape index (κ1) is 21.7. The van der Waals surface area contributed by atoms with Crippen molar-refractivity contribution in [3.63, 3.8) is 0 Å². The zero-order valence-corrected chi connectivity index (χ0v) is 17.1. The second kappa shape index (κ2) is 8.81. The number of carbonyl (C=O) groups is 1. The predicted octanol–water partition coefficient (Wildman–Crippen LogP) is 3.46. The fourth-order valence-corrected chi connectivity index (χ4v) is 4.08. The van der Waals surface area contributed by atoms with Gasteiger partial charge in [-0.15, -0.1) is 0 Å². The Morgan fingerprint density at radius 2 is 2.03 bits per heavy atom. The van der Waals surface area contributed by atoms with E-state index in [4.69, 9.17) is 4.74 Å². The summed E-state index contributed by atoms with van der Waals surface area (Å²) >= 11 is 0. The molecule has 0 amide bonds. The number of nitro benzene ring substituents is 1. The number of hydrogen-bond acceptors (Lipinski definition) is 7. The molecule has 1 aliphatic carbocycles. The van der Waals surface area contributed by atoms with Crippen LogP contribution in [0.1, 0.15) is 41.6 Å². The average molecular weight is 414 g/mol. The molecule has 8 nitrogen and oxygen atoms in total. The van der Waals surface area contributed by atoms with Gasteiger partial charge in [0.25, 0.3) is 5.69 Å². The van der Waals surface area contributed by atoms with E-state index in [2.05, 4.69) is 4.90 Å². The molecule has 2 aromatic rings. The molecule has 1 fully saturated rings. The highest BCUT2D eigenvalue weighted by atomic mass is 16.6. The zero-order valence-electron chi connectivity index (χ0n) is 17.1. The van der Waals surface area contributed by atoms with E-state index >= 15 is 0 Å². The third kappa shape index (κ3) is 4.60. The molecular weight excluding hydrogens is 388 g/mol. The van der Waals surface area contributed by atoms with Gasteiger partial charge in [0.2, 0.25) is 0 Å². The smallest absolute Gasteiger partial charge is 0.347 e. The van der Waals surface area contributed by atoms with Crippen LogP contribution in [-0.4, -0.2) is 46.6 Å². The van der Waals surface area contributed by atoms with E-state index in [0.29, 0.717) is 12.0 Å². The van der Waals surface area contributed by atoms with Crippen molar-refractivity contribution in [2.24, 2.45) is 5.92 Å². The maximum absolute atomic E-state index is 12.5. The number of aromatic hydroxyl groups is 1. The lowest BCUT2D eigenvalue weighted by molar-refractivity contribution is -0.384. The average Bonchev–Trinajstić information content (AvgIpc) is 2.69. The molecule has 2 aromatic carbocycles. The van der Waals surface area contributed by atoms with Crippen molar-refractivity contribution in [2.75, 3.05) is 20.6 Å². The molecule has 0 spiro atoms. The van der Waals surface area contributed by atoms with Crippen LogP contribution in [0.2, 0.25) is 0 Å². The molecule has 0 aliphatic heterocycles. The summed E-state index contributed by atoms with van der Waals surface area (Å²) in [5.74, 6) is -1.06. The summed E-state index contributed by atoms with van der Waals surface area (Å²) in [6, 6.07) is 9.88. The maximum atomic E-state index is 12.5. The number of nitro groups is 1. The largest absolute Gasteiger partial charge is 0.507 e.